The van der Waals surface area contributed by atoms with Gasteiger partial charge in [0.2, 0.25) is 0 Å². The highest BCUT2D eigenvalue weighted by Gasteiger charge is 2.24. The summed E-state index contributed by atoms with van der Waals surface area (Å²) >= 11 is 0. The molecule has 0 saturated carbocycles. The summed E-state index contributed by atoms with van der Waals surface area (Å²) in [6, 6.07) is -1.09. The number of ether oxygens (including phenoxy) is 2. The van der Waals surface area contributed by atoms with Gasteiger partial charge in [0.05, 0.1) is 44.3 Å². The summed E-state index contributed by atoms with van der Waals surface area (Å²) in [5.41, 5.74) is -1.17. The second-order valence-corrected chi connectivity index (χ2v) is 11.6. The monoisotopic (exact) mass is 695 g/mol. The van der Waals surface area contributed by atoms with Gasteiger partial charge in [0.1, 0.15) is 24.3 Å². The fourth-order valence-electron chi connectivity index (χ4n) is 5.28. The Hall–Kier alpha value is -3.81. The van der Waals surface area contributed by atoms with Gasteiger partial charge in [-0.05, 0) is 12.8 Å². The summed E-state index contributed by atoms with van der Waals surface area (Å²) in [4.78, 5) is 88.3. The van der Waals surface area contributed by atoms with Crippen LogP contribution in [0.2, 0.25) is 0 Å². The van der Waals surface area contributed by atoms with E-state index in [1.54, 1.807) is 21.6 Å². The summed E-state index contributed by atoms with van der Waals surface area (Å²) in [5, 5.41) is 40.7. The summed E-state index contributed by atoms with van der Waals surface area (Å²) in [6.45, 7) is 3.78. The van der Waals surface area contributed by atoms with E-state index >= 15 is 0 Å². The average molecular weight is 696 g/mol. The minimum atomic E-state index is -1.35. The van der Waals surface area contributed by atoms with Gasteiger partial charge in [-0.15, -0.1) is 0 Å². The van der Waals surface area contributed by atoms with Gasteiger partial charge < -0.3 is 54.6 Å². The molecule has 0 aromatic heterocycles. The molecule has 1 saturated heterocycles. The second kappa shape index (κ2) is 22.8. The van der Waals surface area contributed by atoms with Crippen molar-refractivity contribution in [3.8, 4) is 0 Å². The number of hydrogen-bond acceptors (Lipinski definition) is 18. The van der Waals surface area contributed by atoms with Gasteiger partial charge in [0.15, 0.2) is 5.78 Å². The molecule has 1 unspecified atom stereocenters. The number of carboxylic acid groups (broad SMARTS) is 3. The van der Waals surface area contributed by atoms with Crippen molar-refractivity contribution >= 4 is 41.4 Å². The summed E-state index contributed by atoms with van der Waals surface area (Å²) in [6.07, 6.45) is 1.47. The smallest absolute Gasteiger partial charge is 0.253 e. The van der Waals surface area contributed by atoms with E-state index < -0.39 is 41.4 Å². The average Bonchev–Trinajstić information content (AvgIpc) is 3.05. The summed E-state index contributed by atoms with van der Waals surface area (Å²) in [5.74, 6) is -3.99. The molecule has 1 aliphatic heterocycles. The van der Waals surface area contributed by atoms with Crippen molar-refractivity contribution in [2.45, 2.75) is 32.2 Å². The van der Waals surface area contributed by atoms with Crippen LogP contribution in [0.1, 0.15) is 26.2 Å². The fraction of sp³-hybridized carbons (Fsp3) is 0.710. The number of nitrogens with one attached hydrogen (secondary N) is 2. The van der Waals surface area contributed by atoms with Crippen molar-refractivity contribution in [2.24, 2.45) is 0 Å². The molecule has 0 spiro atoms. The molecule has 1 aromatic carbocycles. The van der Waals surface area contributed by atoms with E-state index in [9.17, 15) is 48.9 Å². The van der Waals surface area contributed by atoms with Crippen molar-refractivity contribution in [3.05, 3.63) is 20.4 Å². The van der Waals surface area contributed by atoms with Crippen LogP contribution in [0.3, 0.4) is 0 Å². The predicted octanol–water partition coefficient (Wildman–Crippen LogP) is -6.06. The number of Topliss-reactive ketones (excluding diaryl/α,β-unsaturated/α-hetero) is 1. The number of aliphatic carboxylic acids is 3. The lowest BCUT2D eigenvalue weighted by Crippen LogP contribution is -2.54. The first-order valence-corrected chi connectivity index (χ1v) is 16.4. The van der Waals surface area contributed by atoms with E-state index in [0.717, 1.165) is 0 Å². The first kappa shape index (κ1) is 41.4. The third-order valence-electron chi connectivity index (χ3n) is 8.07. The topological polar surface area (TPSA) is 244 Å². The molecule has 18 nitrogen and oxygen atoms in total. The van der Waals surface area contributed by atoms with Crippen molar-refractivity contribution in [3.63, 3.8) is 0 Å². The van der Waals surface area contributed by atoms with Crippen LogP contribution in [0.15, 0.2) is 9.59 Å². The van der Waals surface area contributed by atoms with E-state index in [1.165, 1.54) is 4.90 Å². The zero-order chi connectivity index (χ0) is 36.2. The lowest BCUT2D eigenvalue weighted by atomic mass is 10.1. The molecule has 2 N–H and O–H groups in total. The molecular formula is C31H47N6O12-3. The van der Waals surface area contributed by atoms with Gasteiger partial charge in [-0.3, -0.25) is 34.0 Å². The standard InChI is InChI=1S/C31H50N6O12/c1-2-23(39)22-49-19-18-48-17-6-33-28-27(29(44)30(28)45)32-5-3-4-24(31(46)47)37-13-11-34(15-16-38)7-8-35(20-25(40)41)9-10-36(12-14-37)21-26(42)43/h16,24,32-33H,2-15,17-22H2,1H3,(H,40,41)(H,42,43)(H,46,47)/p-3. The highest BCUT2D eigenvalue weighted by molar-refractivity contribution is 5.79. The predicted molar refractivity (Wildman–Crippen MR) is 170 cm³/mol. The SMILES string of the molecule is CCC(=O)COCCOCCNc1c(NCCCC(C(=O)[O-])N2CCN(CC=O)CCN(CC(=O)[O-])CCN(CC(=O)[O-])CC2)c(=O)c1=O. The minimum absolute atomic E-state index is 0.0113. The molecule has 0 bridgehead atoms. The van der Waals surface area contributed by atoms with Crippen LogP contribution in [-0.4, -0.2) is 167 Å². The van der Waals surface area contributed by atoms with Crippen LogP contribution >= 0.6 is 0 Å². The maximum absolute atomic E-state index is 12.3. The molecule has 0 amide bonds. The number of hydrogen-bond donors (Lipinski definition) is 2. The highest BCUT2D eigenvalue weighted by atomic mass is 16.5. The molecule has 1 atom stereocenters. The van der Waals surface area contributed by atoms with Crippen LogP contribution in [-0.2, 0) is 33.4 Å². The Morgan fingerprint density at radius 3 is 1.80 bits per heavy atom. The van der Waals surface area contributed by atoms with Gasteiger partial charge in [-0.25, -0.2) is 0 Å². The number of anilines is 2. The van der Waals surface area contributed by atoms with Crippen LogP contribution in [0.5, 0.6) is 0 Å². The Balaban J connectivity index is 1.96. The van der Waals surface area contributed by atoms with Crippen molar-refractivity contribution in [1.82, 2.24) is 19.6 Å². The number of carboxylic acids is 3. The third kappa shape index (κ3) is 15.5. The summed E-state index contributed by atoms with van der Waals surface area (Å²) in [7, 11) is 0. The molecule has 1 fully saturated rings. The number of aldehydes is 1. The Labute approximate surface area is 284 Å². The first-order chi connectivity index (χ1) is 23.5. The zero-order valence-corrected chi connectivity index (χ0v) is 28.0. The quantitative estimate of drug-likeness (QED) is 0.0614. The Morgan fingerprint density at radius 1 is 0.755 bits per heavy atom. The number of carbonyl (C=O) groups excluding carboxylic acids is 5. The van der Waals surface area contributed by atoms with Crippen LogP contribution < -0.4 is 36.8 Å². The van der Waals surface area contributed by atoms with Gasteiger partial charge in [-0.2, -0.15) is 0 Å². The Bertz CT molecular complexity index is 1290. The summed E-state index contributed by atoms with van der Waals surface area (Å²) < 4.78 is 10.6. The second-order valence-electron chi connectivity index (χ2n) is 11.6. The van der Waals surface area contributed by atoms with Gasteiger partial charge in [-0.1, -0.05) is 6.92 Å². The maximum Gasteiger partial charge on any atom is 0.253 e. The van der Waals surface area contributed by atoms with Gasteiger partial charge in [0.25, 0.3) is 10.9 Å². The van der Waals surface area contributed by atoms with Gasteiger partial charge >= 0.3 is 0 Å². The molecule has 18 heteroatoms. The van der Waals surface area contributed by atoms with Crippen LogP contribution in [0, 0.1) is 0 Å². The normalized spacial score (nSPS) is 16.8. The molecule has 276 valence electrons. The Kier molecular flexibility index (Phi) is 19.2. The van der Waals surface area contributed by atoms with E-state index in [2.05, 4.69) is 10.6 Å². The number of carbonyl (C=O) groups is 5. The molecular weight excluding hydrogens is 648 g/mol. The lowest BCUT2D eigenvalue weighted by molar-refractivity contribution is -0.312. The van der Waals surface area contributed by atoms with E-state index in [0.29, 0.717) is 19.3 Å². The van der Waals surface area contributed by atoms with Crippen LogP contribution in [0.4, 0.5) is 11.4 Å². The highest BCUT2D eigenvalue weighted by Crippen LogP contribution is 2.15. The van der Waals surface area contributed by atoms with Crippen molar-refractivity contribution in [1.29, 1.82) is 0 Å². The fourth-order valence-corrected chi connectivity index (χ4v) is 5.28. The van der Waals surface area contributed by atoms with E-state index in [1.807, 2.05) is 0 Å². The molecule has 1 aliphatic rings. The van der Waals surface area contributed by atoms with Gasteiger partial charge in [0, 0.05) is 91.0 Å². The zero-order valence-electron chi connectivity index (χ0n) is 28.0. The maximum atomic E-state index is 12.3. The molecule has 0 aliphatic carbocycles. The third-order valence-corrected chi connectivity index (χ3v) is 8.07. The number of nitrogens with zero attached hydrogens (tertiary/aromatic N) is 4. The van der Waals surface area contributed by atoms with E-state index in [-0.39, 0.29) is 128 Å². The van der Waals surface area contributed by atoms with Crippen molar-refractivity contribution in [2.75, 3.05) is 122 Å². The Morgan fingerprint density at radius 2 is 1.27 bits per heavy atom. The minimum Gasteiger partial charge on any atom is -0.549 e. The molecule has 0 radical (unpaired) electrons. The first-order valence-electron chi connectivity index (χ1n) is 16.4. The molecule has 1 aromatic rings. The number of ketones is 1. The largest absolute Gasteiger partial charge is 0.549 e. The van der Waals surface area contributed by atoms with Crippen LogP contribution in [0.25, 0.3) is 0 Å². The molecule has 49 heavy (non-hydrogen) atoms. The lowest BCUT2D eigenvalue weighted by Gasteiger charge is -2.37. The van der Waals surface area contributed by atoms with E-state index in [4.69, 9.17) is 9.47 Å². The van der Waals surface area contributed by atoms with Crippen molar-refractivity contribution < 1.29 is 48.8 Å². The number of rotatable bonds is 23. The molecule has 1 heterocycles. The molecule has 2 rings (SSSR count).